The van der Waals surface area contributed by atoms with Gasteiger partial charge in [0.05, 0.1) is 5.92 Å². The SMILES string of the molecule is O=C(O)C1CSCCC1CC(F)F. The summed E-state index contributed by atoms with van der Waals surface area (Å²) in [6.07, 6.45) is -2.04. The minimum atomic E-state index is -2.38. The van der Waals surface area contributed by atoms with E-state index in [-0.39, 0.29) is 12.3 Å². The average molecular weight is 210 g/mol. The van der Waals surface area contributed by atoms with E-state index in [9.17, 15) is 13.6 Å². The smallest absolute Gasteiger partial charge is 0.307 e. The van der Waals surface area contributed by atoms with Crippen molar-refractivity contribution in [2.24, 2.45) is 11.8 Å². The summed E-state index contributed by atoms with van der Waals surface area (Å²) in [5.41, 5.74) is 0. The highest BCUT2D eigenvalue weighted by molar-refractivity contribution is 7.99. The normalized spacial score (nSPS) is 29.2. The molecule has 0 radical (unpaired) electrons. The maximum atomic E-state index is 12.1. The summed E-state index contributed by atoms with van der Waals surface area (Å²) >= 11 is 1.54. The van der Waals surface area contributed by atoms with Crippen molar-refractivity contribution in [3.8, 4) is 0 Å². The van der Waals surface area contributed by atoms with Crippen molar-refractivity contribution >= 4 is 17.7 Å². The number of carbonyl (C=O) groups is 1. The van der Waals surface area contributed by atoms with Gasteiger partial charge in [-0.05, 0) is 18.1 Å². The molecule has 5 heteroatoms. The molecule has 0 saturated carbocycles. The third-order valence-electron chi connectivity index (χ3n) is 2.30. The summed E-state index contributed by atoms with van der Waals surface area (Å²) in [6.45, 7) is 0. The van der Waals surface area contributed by atoms with Crippen molar-refractivity contribution in [1.29, 1.82) is 0 Å². The summed E-state index contributed by atoms with van der Waals surface area (Å²) < 4.78 is 24.1. The zero-order valence-corrected chi connectivity index (χ0v) is 7.90. The molecule has 2 unspecified atom stereocenters. The van der Waals surface area contributed by atoms with Crippen LogP contribution in [0, 0.1) is 11.8 Å². The number of hydrogen-bond acceptors (Lipinski definition) is 2. The zero-order valence-electron chi connectivity index (χ0n) is 7.08. The lowest BCUT2D eigenvalue weighted by Gasteiger charge is -2.27. The van der Waals surface area contributed by atoms with E-state index in [0.29, 0.717) is 12.2 Å². The number of thioether (sulfide) groups is 1. The van der Waals surface area contributed by atoms with Crippen molar-refractivity contribution < 1.29 is 18.7 Å². The molecule has 0 aromatic heterocycles. The molecule has 76 valence electrons. The first-order valence-electron chi connectivity index (χ1n) is 4.20. The Balaban J connectivity index is 2.51. The van der Waals surface area contributed by atoms with Crippen molar-refractivity contribution in [3.05, 3.63) is 0 Å². The fourth-order valence-corrected chi connectivity index (χ4v) is 2.87. The Bertz CT molecular complexity index is 187. The highest BCUT2D eigenvalue weighted by atomic mass is 32.2. The van der Waals surface area contributed by atoms with E-state index < -0.39 is 18.3 Å². The van der Waals surface area contributed by atoms with Crippen molar-refractivity contribution in [3.63, 3.8) is 0 Å². The molecule has 1 aliphatic rings. The molecule has 1 rings (SSSR count). The maximum Gasteiger partial charge on any atom is 0.307 e. The minimum absolute atomic E-state index is 0.266. The van der Waals surface area contributed by atoms with Gasteiger partial charge in [-0.25, -0.2) is 8.78 Å². The van der Waals surface area contributed by atoms with Gasteiger partial charge < -0.3 is 5.11 Å². The minimum Gasteiger partial charge on any atom is -0.481 e. The van der Waals surface area contributed by atoms with E-state index in [2.05, 4.69) is 0 Å². The Morgan fingerprint density at radius 3 is 2.85 bits per heavy atom. The Morgan fingerprint density at radius 1 is 1.62 bits per heavy atom. The Morgan fingerprint density at radius 2 is 2.31 bits per heavy atom. The van der Waals surface area contributed by atoms with Crippen molar-refractivity contribution in [2.75, 3.05) is 11.5 Å². The van der Waals surface area contributed by atoms with Gasteiger partial charge in [0.15, 0.2) is 0 Å². The summed E-state index contributed by atoms with van der Waals surface area (Å²) in [5, 5.41) is 8.76. The Kier molecular flexibility index (Phi) is 3.96. The Hall–Kier alpha value is -0.320. The first-order valence-corrected chi connectivity index (χ1v) is 5.35. The molecule has 1 N–H and O–H groups in total. The third kappa shape index (κ3) is 3.14. The van der Waals surface area contributed by atoms with Gasteiger partial charge in [-0.2, -0.15) is 11.8 Å². The van der Waals surface area contributed by atoms with Crippen LogP contribution in [0.25, 0.3) is 0 Å². The van der Waals surface area contributed by atoms with Crippen LogP contribution in [0.5, 0.6) is 0 Å². The maximum absolute atomic E-state index is 12.1. The van der Waals surface area contributed by atoms with Gasteiger partial charge in [-0.1, -0.05) is 0 Å². The zero-order chi connectivity index (χ0) is 9.84. The average Bonchev–Trinajstić information content (AvgIpc) is 2.03. The number of rotatable bonds is 3. The molecule has 2 atom stereocenters. The van der Waals surface area contributed by atoms with E-state index in [1.54, 1.807) is 0 Å². The lowest BCUT2D eigenvalue weighted by Crippen LogP contribution is -2.31. The number of hydrogen-bond donors (Lipinski definition) is 1. The van der Waals surface area contributed by atoms with Gasteiger partial charge in [0.1, 0.15) is 0 Å². The quantitative estimate of drug-likeness (QED) is 0.775. The predicted octanol–water partition coefficient (Wildman–Crippen LogP) is 2.10. The second-order valence-corrected chi connectivity index (χ2v) is 4.35. The first-order chi connectivity index (χ1) is 6.11. The van der Waals surface area contributed by atoms with E-state index in [1.807, 2.05) is 0 Å². The number of alkyl halides is 2. The van der Waals surface area contributed by atoms with Crippen LogP contribution in [0.15, 0.2) is 0 Å². The molecular weight excluding hydrogens is 198 g/mol. The van der Waals surface area contributed by atoms with Gasteiger partial charge in [-0.15, -0.1) is 0 Å². The van der Waals surface area contributed by atoms with Gasteiger partial charge >= 0.3 is 5.97 Å². The number of aliphatic carboxylic acids is 1. The molecule has 1 fully saturated rings. The van der Waals surface area contributed by atoms with Gasteiger partial charge in [0.25, 0.3) is 0 Å². The molecule has 0 amide bonds. The molecule has 1 heterocycles. The summed E-state index contributed by atoms with van der Waals surface area (Å²) in [5.74, 6) is -0.558. The number of halogens is 2. The second kappa shape index (κ2) is 4.79. The number of carboxylic acid groups (broad SMARTS) is 1. The molecule has 0 aromatic carbocycles. The van der Waals surface area contributed by atoms with Crippen LogP contribution in [0.4, 0.5) is 8.78 Å². The lowest BCUT2D eigenvalue weighted by molar-refractivity contribution is -0.143. The first kappa shape index (κ1) is 10.8. The molecule has 0 bridgehead atoms. The van der Waals surface area contributed by atoms with Crippen LogP contribution in [-0.2, 0) is 4.79 Å². The van der Waals surface area contributed by atoms with Gasteiger partial charge in [0, 0.05) is 12.2 Å². The number of carboxylic acids is 1. The van der Waals surface area contributed by atoms with Crippen LogP contribution in [0.1, 0.15) is 12.8 Å². The second-order valence-electron chi connectivity index (χ2n) is 3.20. The van der Waals surface area contributed by atoms with Crippen LogP contribution in [-0.4, -0.2) is 29.0 Å². The molecule has 2 nitrogen and oxygen atoms in total. The van der Waals surface area contributed by atoms with Crippen LogP contribution < -0.4 is 0 Å². The molecule has 1 aliphatic heterocycles. The highest BCUT2D eigenvalue weighted by Gasteiger charge is 2.32. The summed E-state index contributed by atoms with van der Waals surface area (Å²) in [7, 11) is 0. The summed E-state index contributed by atoms with van der Waals surface area (Å²) in [4.78, 5) is 10.7. The summed E-state index contributed by atoms with van der Waals surface area (Å²) in [6, 6.07) is 0. The molecule has 1 saturated heterocycles. The predicted molar refractivity (Wildman–Crippen MR) is 47.2 cm³/mol. The molecule has 0 aromatic rings. The molecular formula is C8H12F2O2S. The lowest BCUT2D eigenvalue weighted by atomic mass is 9.88. The Labute approximate surface area is 79.7 Å². The van der Waals surface area contributed by atoms with Crippen molar-refractivity contribution in [1.82, 2.24) is 0 Å². The van der Waals surface area contributed by atoms with E-state index in [0.717, 1.165) is 5.75 Å². The third-order valence-corrected chi connectivity index (χ3v) is 3.42. The van der Waals surface area contributed by atoms with Gasteiger partial charge in [0.2, 0.25) is 6.43 Å². The van der Waals surface area contributed by atoms with E-state index in [4.69, 9.17) is 5.11 Å². The fourth-order valence-electron chi connectivity index (χ4n) is 1.57. The molecule has 13 heavy (non-hydrogen) atoms. The van der Waals surface area contributed by atoms with Crippen LogP contribution in [0.3, 0.4) is 0 Å². The molecule has 0 spiro atoms. The standard InChI is InChI=1S/C8H12F2O2S/c9-7(10)3-5-1-2-13-4-6(5)8(11)12/h5-7H,1-4H2,(H,11,12). The largest absolute Gasteiger partial charge is 0.481 e. The van der Waals surface area contributed by atoms with Crippen LogP contribution in [0.2, 0.25) is 0 Å². The molecule has 0 aliphatic carbocycles. The monoisotopic (exact) mass is 210 g/mol. The topological polar surface area (TPSA) is 37.3 Å². The van der Waals surface area contributed by atoms with Gasteiger partial charge in [-0.3, -0.25) is 4.79 Å². The van der Waals surface area contributed by atoms with Crippen LogP contribution >= 0.6 is 11.8 Å². The van der Waals surface area contributed by atoms with E-state index >= 15 is 0 Å². The fraction of sp³-hybridized carbons (Fsp3) is 0.875. The highest BCUT2D eigenvalue weighted by Crippen LogP contribution is 2.32. The van der Waals surface area contributed by atoms with E-state index in [1.165, 1.54) is 11.8 Å². The van der Waals surface area contributed by atoms with Crippen molar-refractivity contribution in [2.45, 2.75) is 19.3 Å².